The second-order valence-corrected chi connectivity index (χ2v) is 8.75. The van der Waals surface area contributed by atoms with Crippen molar-refractivity contribution >= 4 is 5.91 Å². The summed E-state index contributed by atoms with van der Waals surface area (Å²) in [6, 6.07) is 14.5. The Morgan fingerprint density at radius 3 is 2.69 bits per heavy atom. The summed E-state index contributed by atoms with van der Waals surface area (Å²) in [7, 11) is 0. The molecule has 1 spiro atoms. The van der Waals surface area contributed by atoms with Crippen LogP contribution >= 0.6 is 0 Å². The van der Waals surface area contributed by atoms with Crippen molar-refractivity contribution in [3.8, 4) is 5.75 Å². The van der Waals surface area contributed by atoms with E-state index in [1.54, 1.807) is 0 Å². The first-order valence-corrected chi connectivity index (χ1v) is 10.7. The summed E-state index contributed by atoms with van der Waals surface area (Å²) in [5, 5.41) is 3.05. The summed E-state index contributed by atoms with van der Waals surface area (Å²) in [5.74, 6) is 1.30. The summed E-state index contributed by atoms with van der Waals surface area (Å²) in [4.78, 5) is 19.4. The molecule has 0 bridgehead atoms. The van der Waals surface area contributed by atoms with Crippen LogP contribution in [-0.2, 0) is 11.3 Å². The molecule has 29 heavy (non-hydrogen) atoms. The van der Waals surface area contributed by atoms with Gasteiger partial charge in [0, 0.05) is 44.2 Å². The highest BCUT2D eigenvalue weighted by molar-refractivity contribution is 5.77. The van der Waals surface area contributed by atoms with E-state index in [-0.39, 0.29) is 23.5 Å². The monoisotopic (exact) mass is 393 g/mol. The van der Waals surface area contributed by atoms with E-state index in [1.807, 2.05) is 44.3 Å². The van der Waals surface area contributed by atoms with Gasteiger partial charge < -0.3 is 10.1 Å². The smallest absolute Gasteiger partial charge is 0.220 e. The van der Waals surface area contributed by atoms with Gasteiger partial charge in [0.2, 0.25) is 5.91 Å². The number of hydrogen-bond acceptors (Lipinski definition) is 4. The summed E-state index contributed by atoms with van der Waals surface area (Å²) in [5.41, 5.74) is 2.12. The maximum absolute atomic E-state index is 12.5. The third-order valence-electron chi connectivity index (χ3n) is 6.06. The first kappa shape index (κ1) is 19.9. The number of benzene rings is 1. The lowest BCUT2D eigenvalue weighted by Gasteiger charge is -2.47. The Kier molecular flexibility index (Phi) is 5.86. The highest BCUT2D eigenvalue weighted by atomic mass is 16.5. The number of likely N-dealkylation sites (tertiary alicyclic amines) is 1. The molecule has 1 saturated heterocycles. The number of piperidine rings is 1. The van der Waals surface area contributed by atoms with E-state index in [4.69, 9.17) is 4.74 Å². The van der Waals surface area contributed by atoms with Crippen molar-refractivity contribution in [2.75, 3.05) is 13.1 Å². The summed E-state index contributed by atoms with van der Waals surface area (Å²) >= 11 is 0. The Bertz CT molecular complexity index is 829. The Balaban J connectivity index is 1.45. The van der Waals surface area contributed by atoms with Gasteiger partial charge in [0.25, 0.3) is 0 Å². The first-order chi connectivity index (χ1) is 14.0. The molecule has 5 heteroatoms. The molecule has 2 aliphatic rings. The summed E-state index contributed by atoms with van der Waals surface area (Å²) in [6.45, 7) is 6.88. The molecule has 0 radical (unpaired) electrons. The number of nitrogens with zero attached hydrogens (tertiary/aromatic N) is 2. The lowest BCUT2D eigenvalue weighted by molar-refractivity contribution is -0.122. The van der Waals surface area contributed by atoms with Crippen molar-refractivity contribution in [2.45, 2.75) is 63.6 Å². The lowest BCUT2D eigenvalue weighted by Crippen LogP contribution is -2.50. The number of fused-ring (bicyclic) bond motifs is 1. The normalized spacial score (nSPS) is 20.9. The fraction of sp³-hybridized carbons (Fsp3) is 0.500. The van der Waals surface area contributed by atoms with Crippen LogP contribution in [0.5, 0.6) is 5.75 Å². The average Bonchev–Trinajstić information content (AvgIpc) is 2.70. The van der Waals surface area contributed by atoms with Gasteiger partial charge in [-0.25, -0.2) is 0 Å². The molecule has 0 unspecified atom stereocenters. The standard InChI is InChI=1S/C24H31N3O2/c1-18(2)26-23(28)15-19-16-24(29-22-9-4-3-8-21(19)22)10-13-27(14-11-24)17-20-7-5-6-12-25-20/h3-9,12,18-19H,10-11,13-17H2,1-2H3,(H,26,28)/t19-/m0/s1. The van der Waals surface area contributed by atoms with Gasteiger partial charge in [0.05, 0.1) is 5.69 Å². The lowest BCUT2D eigenvalue weighted by atomic mass is 9.76. The number of aromatic nitrogens is 1. The minimum atomic E-state index is -0.169. The van der Waals surface area contributed by atoms with Crippen LogP contribution in [-0.4, -0.2) is 40.5 Å². The molecular weight excluding hydrogens is 362 g/mol. The maximum atomic E-state index is 12.5. The molecule has 2 aliphatic heterocycles. The van der Waals surface area contributed by atoms with E-state index in [0.29, 0.717) is 6.42 Å². The largest absolute Gasteiger partial charge is 0.487 e. The van der Waals surface area contributed by atoms with Gasteiger partial charge in [-0.2, -0.15) is 0 Å². The van der Waals surface area contributed by atoms with Crippen molar-refractivity contribution < 1.29 is 9.53 Å². The van der Waals surface area contributed by atoms with Crippen molar-refractivity contribution in [1.82, 2.24) is 15.2 Å². The molecule has 2 aromatic rings. The highest BCUT2D eigenvalue weighted by Gasteiger charge is 2.43. The third-order valence-corrected chi connectivity index (χ3v) is 6.06. The Hall–Kier alpha value is -2.40. The molecule has 0 aliphatic carbocycles. The van der Waals surface area contributed by atoms with E-state index < -0.39 is 0 Å². The number of para-hydroxylation sites is 1. The zero-order valence-corrected chi connectivity index (χ0v) is 17.4. The third kappa shape index (κ3) is 4.78. The van der Waals surface area contributed by atoms with Crippen molar-refractivity contribution in [2.24, 2.45) is 0 Å². The van der Waals surface area contributed by atoms with Gasteiger partial charge >= 0.3 is 0 Å². The molecule has 154 valence electrons. The number of rotatable bonds is 5. The molecule has 1 atom stereocenters. The number of carbonyl (C=O) groups excluding carboxylic acids is 1. The second-order valence-electron chi connectivity index (χ2n) is 8.75. The Labute approximate surface area is 173 Å². The van der Waals surface area contributed by atoms with Crippen LogP contribution in [0.2, 0.25) is 0 Å². The highest BCUT2D eigenvalue weighted by Crippen LogP contribution is 2.46. The van der Waals surface area contributed by atoms with Gasteiger partial charge in [-0.05, 0) is 56.9 Å². The molecule has 3 heterocycles. The Morgan fingerprint density at radius 1 is 1.21 bits per heavy atom. The molecule has 5 nitrogen and oxygen atoms in total. The predicted molar refractivity (Wildman–Crippen MR) is 114 cm³/mol. The van der Waals surface area contributed by atoms with Gasteiger partial charge in [-0.1, -0.05) is 24.3 Å². The molecule has 1 aromatic carbocycles. The van der Waals surface area contributed by atoms with Gasteiger partial charge in [0.1, 0.15) is 11.4 Å². The number of amides is 1. The van der Waals surface area contributed by atoms with Crippen LogP contribution < -0.4 is 10.1 Å². The van der Waals surface area contributed by atoms with Gasteiger partial charge in [0.15, 0.2) is 0 Å². The van der Waals surface area contributed by atoms with Crippen LogP contribution in [0.1, 0.15) is 56.7 Å². The van der Waals surface area contributed by atoms with E-state index in [2.05, 4.69) is 33.4 Å². The van der Waals surface area contributed by atoms with E-state index in [9.17, 15) is 4.79 Å². The van der Waals surface area contributed by atoms with Crippen molar-refractivity contribution in [1.29, 1.82) is 0 Å². The van der Waals surface area contributed by atoms with Gasteiger partial charge in [-0.3, -0.25) is 14.7 Å². The maximum Gasteiger partial charge on any atom is 0.220 e. The van der Waals surface area contributed by atoms with E-state index in [1.165, 1.54) is 5.56 Å². The second kappa shape index (κ2) is 8.54. The van der Waals surface area contributed by atoms with Crippen molar-refractivity contribution in [3.05, 3.63) is 59.9 Å². The minimum absolute atomic E-state index is 0.129. The van der Waals surface area contributed by atoms with Crippen LogP contribution in [0.25, 0.3) is 0 Å². The zero-order chi connectivity index (χ0) is 20.3. The fourth-order valence-electron chi connectivity index (χ4n) is 4.68. The number of carbonyl (C=O) groups is 1. The van der Waals surface area contributed by atoms with E-state index in [0.717, 1.165) is 50.3 Å². The zero-order valence-electron chi connectivity index (χ0n) is 17.4. The quantitative estimate of drug-likeness (QED) is 0.837. The summed E-state index contributed by atoms with van der Waals surface area (Å²) < 4.78 is 6.58. The molecule has 1 N–H and O–H groups in total. The van der Waals surface area contributed by atoms with Crippen LogP contribution in [0.15, 0.2) is 48.7 Å². The van der Waals surface area contributed by atoms with Crippen LogP contribution in [0, 0.1) is 0 Å². The molecule has 1 fully saturated rings. The number of ether oxygens (including phenoxy) is 1. The number of nitrogens with one attached hydrogen (secondary N) is 1. The molecule has 0 saturated carbocycles. The molecule has 1 aromatic heterocycles. The molecule has 1 amide bonds. The number of hydrogen-bond donors (Lipinski definition) is 1. The molecular formula is C24H31N3O2. The average molecular weight is 394 g/mol. The first-order valence-electron chi connectivity index (χ1n) is 10.7. The topological polar surface area (TPSA) is 54.5 Å². The predicted octanol–water partition coefficient (Wildman–Crippen LogP) is 3.90. The SMILES string of the molecule is CC(C)NC(=O)C[C@H]1CC2(CCN(Cc3ccccn3)CC2)Oc2ccccc21. The van der Waals surface area contributed by atoms with Crippen LogP contribution in [0.3, 0.4) is 0 Å². The summed E-state index contributed by atoms with van der Waals surface area (Å²) in [6.07, 6.45) is 5.26. The van der Waals surface area contributed by atoms with Gasteiger partial charge in [-0.15, -0.1) is 0 Å². The Morgan fingerprint density at radius 2 is 1.97 bits per heavy atom. The van der Waals surface area contributed by atoms with Crippen LogP contribution in [0.4, 0.5) is 0 Å². The fourth-order valence-corrected chi connectivity index (χ4v) is 4.68. The van der Waals surface area contributed by atoms with E-state index >= 15 is 0 Å². The van der Waals surface area contributed by atoms with Crippen molar-refractivity contribution in [3.63, 3.8) is 0 Å². The number of pyridine rings is 1. The molecule has 4 rings (SSSR count). The minimum Gasteiger partial charge on any atom is -0.487 e.